The highest BCUT2D eigenvalue weighted by atomic mass is 35.5. The van der Waals surface area contributed by atoms with Crippen LogP contribution in [-0.4, -0.2) is 41.2 Å². The molecule has 0 unspecified atom stereocenters. The molecule has 0 radical (unpaired) electrons. The molecule has 0 aliphatic rings. The summed E-state index contributed by atoms with van der Waals surface area (Å²) in [7, 11) is -3.87. The van der Waals surface area contributed by atoms with E-state index in [1.54, 1.807) is 24.3 Å². The van der Waals surface area contributed by atoms with E-state index in [1.807, 2.05) is 60.7 Å². The average Bonchev–Trinajstić information content (AvgIpc) is 2.93. The van der Waals surface area contributed by atoms with Gasteiger partial charge in [0.15, 0.2) is 0 Å². The molecule has 0 aromatic heterocycles. The smallest absolute Gasteiger partial charge is 0.323 e. The van der Waals surface area contributed by atoms with Gasteiger partial charge in [-0.05, 0) is 53.1 Å². The minimum Gasteiger partial charge on any atom is -0.480 e. The molecule has 1 amide bonds. The lowest BCUT2D eigenvalue weighted by Crippen LogP contribution is -2.35. The molecule has 4 aromatic carbocycles. The van der Waals surface area contributed by atoms with Crippen LogP contribution in [-0.2, 0) is 34.5 Å². The third-order valence-electron chi connectivity index (χ3n) is 6.04. The topological polar surface area (TPSA) is 95.0 Å². The Morgan fingerprint density at radius 3 is 1.67 bits per heavy atom. The number of hydrogen-bond donors (Lipinski definition) is 1. The molecule has 0 saturated carbocycles. The van der Waals surface area contributed by atoms with Gasteiger partial charge in [0.2, 0.25) is 10.0 Å². The summed E-state index contributed by atoms with van der Waals surface area (Å²) >= 11 is 5.96. The van der Waals surface area contributed by atoms with Gasteiger partial charge < -0.3 is 10.0 Å². The first-order chi connectivity index (χ1) is 18.7. The van der Waals surface area contributed by atoms with Crippen molar-refractivity contribution < 1.29 is 23.1 Å². The third-order valence-corrected chi connectivity index (χ3v) is 8.10. The van der Waals surface area contributed by atoms with Gasteiger partial charge in [-0.15, -0.1) is 0 Å². The van der Waals surface area contributed by atoms with Crippen LogP contribution in [0, 0.1) is 0 Å². The second kappa shape index (κ2) is 12.7. The lowest BCUT2D eigenvalue weighted by molar-refractivity contribution is -0.137. The Morgan fingerprint density at radius 2 is 1.15 bits per heavy atom. The lowest BCUT2D eigenvalue weighted by atomic mass is 10.1. The minimum absolute atomic E-state index is 0.0666. The average molecular weight is 563 g/mol. The van der Waals surface area contributed by atoms with Crippen molar-refractivity contribution in [1.29, 1.82) is 0 Å². The van der Waals surface area contributed by atoms with Gasteiger partial charge in [-0.1, -0.05) is 84.4 Å². The molecule has 0 bridgehead atoms. The van der Waals surface area contributed by atoms with Crippen molar-refractivity contribution in [1.82, 2.24) is 9.21 Å². The van der Waals surface area contributed by atoms with E-state index in [9.17, 15) is 23.1 Å². The van der Waals surface area contributed by atoms with Gasteiger partial charge in [-0.3, -0.25) is 9.59 Å². The van der Waals surface area contributed by atoms with E-state index in [0.717, 1.165) is 11.1 Å². The van der Waals surface area contributed by atoms with E-state index in [0.29, 0.717) is 16.1 Å². The quantitative estimate of drug-likeness (QED) is 0.262. The molecule has 0 heterocycles. The minimum atomic E-state index is -3.87. The van der Waals surface area contributed by atoms with Crippen molar-refractivity contribution in [2.75, 3.05) is 6.54 Å². The summed E-state index contributed by atoms with van der Waals surface area (Å²) in [5, 5.41) is 9.78. The van der Waals surface area contributed by atoms with Gasteiger partial charge in [-0.25, -0.2) is 8.42 Å². The lowest BCUT2D eigenvalue weighted by Gasteiger charge is -2.23. The maximum absolute atomic E-state index is 13.6. The van der Waals surface area contributed by atoms with Crippen LogP contribution < -0.4 is 0 Å². The molecule has 200 valence electrons. The fourth-order valence-corrected chi connectivity index (χ4v) is 5.62. The first-order valence-electron chi connectivity index (χ1n) is 12.2. The van der Waals surface area contributed by atoms with E-state index >= 15 is 0 Å². The number of sulfonamides is 1. The SMILES string of the molecule is O=C(O)CN(Cc1ccccc1)C(=O)c1ccc(CN(Cc2ccccc2)S(=O)(=O)c2ccc(Cl)cc2)cc1. The highest BCUT2D eigenvalue weighted by molar-refractivity contribution is 7.89. The summed E-state index contributed by atoms with van der Waals surface area (Å²) in [5.41, 5.74) is 2.62. The highest BCUT2D eigenvalue weighted by Crippen LogP contribution is 2.23. The molecule has 4 rings (SSSR count). The molecular formula is C30H27ClN2O5S. The van der Waals surface area contributed by atoms with Gasteiger partial charge >= 0.3 is 5.97 Å². The molecule has 9 heteroatoms. The summed E-state index contributed by atoms with van der Waals surface area (Å²) in [6.45, 7) is -0.0787. The number of aliphatic carboxylic acids is 1. The Hall–Kier alpha value is -3.98. The maximum atomic E-state index is 13.6. The molecular weight excluding hydrogens is 536 g/mol. The normalized spacial score (nSPS) is 11.3. The predicted molar refractivity (Wildman–Crippen MR) is 150 cm³/mol. The predicted octanol–water partition coefficient (Wildman–Crippen LogP) is 5.46. The number of carboxylic acid groups (broad SMARTS) is 1. The van der Waals surface area contributed by atoms with Crippen molar-refractivity contribution >= 4 is 33.5 Å². The van der Waals surface area contributed by atoms with Crippen LogP contribution in [0.3, 0.4) is 0 Å². The first-order valence-corrected chi connectivity index (χ1v) is 14.0. The van der Waals surface area contributed by atoms with Gasteiger partial charge in [0.25, 0.3) is 5.91 Å². The van der Waals surface area contributed by atoms with Crippen molar-refractivity contribution in [3.05, 3.63) is 136 Å². The zero-order chi connectivity index (χ0) is 27.8. The van der Waals surface area contributed by atoms with Crippen molar-refractivity contribution in [3.8, 4) is 0 Å². The number of rotatable bonds is 11. The third kappa shape index (κ3) is 7.54. The van der Waals surface area contributed by atoms with Crippen LogP contribution in [0.5, 0.6) is 0 Å². The monoisotopic (exact) mass is 562 g/mol. The fraction of sp³-hybridized carbons (Fsp3) is 0.133. The number of amides is 1. The van der Waals surface area contributed by atoms with E-state index in [1.165, 1.54) is 33.5 Å². The largest absolute Gasteiger partial charge is 0.480 e. The summed E-state index contributed by atoms with van der Waals surface area (Å²) < 4.78 is 28.5. The second-order valence-corrected chi connectivity index (χ2v) is 11.3. The molecule has 0 spiro atoms. The van der Waals surface area contributed by atoms with Crippen LogP contribution in [0.1, 0.15) is 27.0 Å². The van der Waals surface area contributed by atoms with Crippen LogP contribution >= 0.6 is 11.6 Å². The van der Waals surface area contributed by atoms with E-state index in [2.05, 4.69) is 0 Å². The Bertz CT molecular complexity index is 1510. The Balaban J connectivity index is 1.57. The first kappa shape index (κ1) is 28.0. The molecule has 0 saturated heterocycles. The summed E-state index contributed by atoms with van der Waals surface area (Å²) in [4.78, 5) is 26.0. The van der Waals surface area contributed by atoms with Crippen molar-refractivity contribution in [3.63, 3.8) is 0 Å². The Kier molecular flexibility index (Phi) is 9.14. The Morgan fingerprint density at radius 1 is 0.667 bits per heavy atom. The van der Waals surface area contributed by atoms with Crippen LogP contribution in [0.4, 0.5) is 0 Å². The molecule has 0 fully saturated rings. The molecule has 0 aliphatic heterocycles. The van der Waals surface area contributed by atoms with Gasteiger partial charge in [-0.2, -0.15) is 4.31 Å². The summed E-state index contributed by atoms with van der Waals surface area (Å²) in [6.07, 6.45) is 0. The molecule has 1 N–H and O–H groups in total. The van der Waals surface area contributed by atoms with E-state index in [4.69, 9.17) is 11.6 Å². The number of carboxylic acids is 1. The molecule has 4 aromatic rings. The maximum Gasteiger partial charge on any atom is 0.323 e. The van der Waals surface area contributed by atoms with E-state index in [-0.39, 0.29) is 24.5 Å². The van der Waals surface area contributed by atoms with Crippen LogP contribution in [0.25, 0.3) is 0 Å². The Labute approximate surface area is 232 Å². The van der Waals surface area contributed by atoms with Gasteiger partial charge in [0.1, 0.15) is 6.54 Å². The zero-order valence-corrected chi connectivity index (χ0v) is 22.6. The number of nitrogens with zero attached hydrogens (tertiary/aromatic N) is 2. The number of benzene rings is 4. The number of carbonyl (C=O) groups excluding carboxylic acids is 1. The van der Waals surface area contributed by atoms with Crippen LogP contribution in [0.15, 0.2) is 114 Å². The highest BCUT2D eigenvalue weighted by Gasteiger charge is 2.25. The summed E-state index contributed by atoms with van der Waals surface area (Å²) in [5.74, 6) is -1.54. The number of carbonyl (C=O) groups is 2. The molecule has 39 heavy (non-hydrogen) atoms. The van der Waals surface area contributed by atoms with Crippen LogP contribution in [0.2, 0.25) is 5.02 Å². The zero-order valence-electron chi connectivity index (χ0n) is 21.0. The van der Waals surface area contributed by atoms with Crippen molar-refractivity contribution in [2.45, 2.75) is 24.5 Å². The summed E-state index contributed by atoms with van der Waals surface area (Å²) in [6, 6.07) is 31.0. The van der Waals surface area contributed by atoms with Gasteiger partial charge in [0.05, 0.1) is 4.90 Å². The standard InChI is InChI=1S/C30H27ClN2O5S/c31-27-15-17-28(18-16-27)39(37,38)33(20-24-9-5-2-6-10-24)21-25-11-13-26(14-12-25)30(36)32(22-29(34)35)19-23-7-3-1-4-8-23/h1-18H,19-22H2,(H,34,35). The fourth-order valence-electron chi connectivity index (χ4n) is 4.07. The molecule has 7 nitrogen and oxygen atoms in total. The molecule has 0 atom stereocenters. The van der Waals surface area contributed by atoms with Gasteiger partial charge in [0, 0.05) is 30.2 Å². The number of halogens is 1. The van der Waals surface area contributed by atoms with E-state index < -0.39 is 28.4 Å². The number of hydrogen-bond acceptors (Lipinski definition) is 4. The second-order valence-electron chi connectivity index (χ2n) is 8.95. The molecule has 0 aliphatic carbocycles. The van der Waals surface area contributed by atoms with Crippen molar-refractivity contribution in [2.24, 2.45) is 0 Å².